The molecule has 0 aromatic rings. The van der Waals surface area contributed by atoms with E-state index in [4.69, 9.17) is 11.0 Å². The number of ketones is 2. The summed E-state index contributed by atoms with van der Waals surface area (Å²) in [4.78, 5) is 42.5. The topological polar surface area (TPSA) is 144 Å². The molecule has 0 aliphatic rings. The summed E-state index contributed by atoms with van der Waals surface area (Å²) < 4.78 is 11.2. The lowest BCUT2D eigenvalue weighted by atomic mass is 9.83. The van der Waals surface area contributed by atoms with Gasteiger partial charge in [0.25, 0.3) is 7.52 Å². The maximum absolute atomic E-state index is 12.1. The molecule has 0 saturated heterocycles. The van der Waals surface area contributed by atoms with Crippen LogP contribution in [-0.2, 0) is 14.2 Å². The fourth-order valence-corrected chi connectivity index (χ4v) is 4.37. The zero-order valence-electron chi connectivity index (χ0n) is 17.2. The molecule has 0 heterocycles. The van der Waals surface area contributed by atoms with Gasteiger partial charge in [0.15, 0.2) is 0 Å². The maximum Gasteiger partial charge on any atom is 0.264 e. The standard InChI is InChI=1S/C18H38N2O5P2/c1-17(2,11-13-26(19)23)9-7-15(21)5-6-16(22)8-10-18(3,4)12-14-27(20,24)25/h23H,5-14,19H2,1-4H3,(H3,20,24,25). The quantitative estimate of drug-likeness (QED) is 0.293. The summed E-state index contributed by atoms with van der Waals surface area (Å²) in [6, 6.07) is 0. The molecule has 7 nitrogen and oxygen atoms in total. The summed E-state index contributed by atoms with van der Waals surface area (Å²) in [5.74, 6) is 0.128. The number of hydrogen-bond acceptors (Lipinski definition) is 5. The van der Waals surface area contributed by atoms with E-state index in [0.29, 0.717) is 31.8 Å². The molecule has 6 N–H and O–H groups in total. The molecule has 0 aromatic carbocycles. The van der Waals surface area contributed by atoms with Gasteiger partial charge in [-0.05, 0) is 36.5 Å². The van der Waals surface area contributed by atoms with Crippen LogP contribution >= 0.6 is 15.8 Å². The molecule has 0 radical (unpaired) electrons. The highest BCUT2D eigenvalue weighted by molar-refractivity contribution is 7.55. The van der Waals surface area contributed by atoms with Crippen LogP contribution in [0.4, 0.5) is 0 Å². The van der Waals surface area contributed by atoms with Gasteiger partial charge in [-0.2, -0.15) is 0 Å². The number of carbonyl (C=O) groups excluding carboxylic acids is 2. The van der Waals surface area contributed by atoms with Gasteiger partial charge in [0.05, 0.1) is 8.30 Å². The van der Waals surface area contributed by atoms with Crippen LogP contribution in [0.2, 0.25) is 0 Å². The predicted octanol–water partition coefficient (Wildman–Crippen LogP) is 3.70. The first-order valence-electron chi connectivity index (χ1n) is 9.47. The van der Waals surface area contributed by atoms with Crippen LogP contribution in [0.5, 0.6) is 0 Å². The first kappa shape index (κ1) is 26.8. The Labute approximate surface area is 165 Å². The van der Waals surface area contributed by atoms with Crippen molar-refractivity contribution in [3.8, 4) is 0 Å². The van der Waals surface area contributed by atoms with Crippen molar-refractivity contribution < 1.29 is 23.9 Å². The Morgan fingerprint density at radius 1 is 0.889 bits per heavy atom. The van der Waals surface area contributed by atoms with Crippen molar-refractivity contribution in [3.05, 3.63) is 0 Å². The van der Waals surface area contributed by atoms with Crippen LogP contribution in [-0.4, -0.2) is 33.7 Å². The molecule has 160 valence electrons. The van der Waals surface area contributed by atoms with Crippen molar-refractivity contribution in [2.24, 2.45) is 21.8 Å². The second-order valence-electron chi connectivity index (χ2n) is 9.05. The molecule has 0 aliphatic heterocycles. The van der Waals surface area contributed by atoms with Gasteiger partial charge >= 0.3 is 0 Å². The van der Waals surface area contributed by atoms with Gasteiger partial charge in [-0.1, -0.05) is 27.7 Å². The SMILES string of the molecule is CC(C)(CCC(=O)CCC(=O)CCC(C)(C)CCP(N)(=O)O)CCP(N)O. The fourth-order valence-electron chi connectivity index (χ4n) is 2.61. The summed E-state index contributed by atoms with van der Waals surface area (Å²) >= 11 is 0. The lowest BCUT2D eigenvalue weighted by molar-refractivity contribution is -0.124. The molecule has 0 bridgehead atoms. The summed E-state index contributed by atoms with van der Waals surface area (Å²) in [5, 5.41) is 0. The fraction of sp³-hybridized carbons (Fsp3) is 0.889. The third-order valence-electron chi connectivity index (χ3n) is 4.97. The number of rotatable bonds is 15. The van der Waals surface area contributed by atoms with Crippen LogP contribution in [0.3, 0.4) is 0 Å². The number of carbonyl (C=O) groups is 2. The Balaban J connectivity index is 4.10. The van der Waals surface area contributed by atoms with Crippen molar-refractivity contribution in [1.29, 1.82) is 0 Å². The zero-order valence-corrected chi connectivity index (χ0v) is 19.0. The highest BCUT2D eigenvalue weighted by Crippen LogP contribution is 2.37. The van der Waals surface area contributed by atoms with E-state index in [1.165, 1.54) is 0 Å². The van der Waals surface area contributed by atoms with Crippen LogP contribution in [0.15, 0.2) is 0 Å². The molecule has 2 unspecified atom stereocenters. The Morgan fingerprint density at radius 3 is 1.67 bits per heavy atom. The second kappa shape index (κ2) is 11.7. The summed E-state index contributed by atoms with van der Waals surface area (Å²) in [7, 11) is -4.91. The maximum atomic E-state index is 12.1. The minimum Gasteiger partial charge on any atom is -0.359 e. The van der Waals surface area contributed by atoms with Gasteiger partial charge in [-0.15, -0.1) is 0 Å². The van der Waals surface area contributed by atoms with E-state index in [-0.39, 0.29) is 41.4 Å². The van der Waals surface area contributed by atoms with E-state index in [9.17, 15) is 23.9 Å². The van der Waals surface area contributed by atoms with E-state index in [1.54, 1.807) is 0 Å². The number of hydrogen-bond donors (Lipinski definition) is 4. The molecule has 0 saturated carbocycles. The Hall–Kier alpha value is -0.160. The Bertz CT molecular complexity index is 530. The molecule has 0 aliphatic carbocycles. The molecular formula is C18H38N2O5P2. The number of Topliss-reactive ketones (excluding diaryl/α,β-unsaturated/α-hetero) is 2. The van der Waals surface area contributed by atoms with E-state index in [2.05, 4.69) is 13.8 Å². The first-order valence-corrected chi connectivity index (χ1v) is 12.9. The molecule has 2 atom stereocenters. The van der Waals surface area contributed by atoms with E-state index >= 15 is 0 Å². The first-order chi connectivity index (χ1) is 12.1. The van der Waals surface area contributed by atoms with Crippen LogP contribution < -0.4 is 11.0 Å². The van der Waals surface area contributed by atoms with Crippen LogP contribution in [0.25, 0.3) is 0 Å². The highest BCUT2D eigenvalue weighted by Gasteiger charge is 2.24. The van der Waals surface area contributed by atoms with Crippen molar-refractivity contribution >= 4 is 27.4 Å². The third-order valence-corrected chi connectivity index (χ3v) is 6.52. The van der Waals surface area contributed by atoms with Gasteiger partial charge in [-0.3, -0.25) is 25.2 Å². The Morgan fingerprint density at radius 2 is 1.30 bits per heavy atom. The van der Waals surface area contributed by atoms with E-state index < -0.39 is 15.8 Å². The van der Waals surface area contributed by atoms with Crippen LogP contribution in [0.1, 0.15) is 79.1 Å². The molecule has 9 heteroatoms. The molecule has 0 spiro atoms. The molecule has 0 fully saturated rings. The Kier molecular flexibility index (Phi) is 11.7. The minimum absolute atomic E-state index is 0.0460. The third kappa shape index (κ3) is 16.5. The van der Waals surface area contributed by atoms with Gasteiger partial charge in [0, 0.05) is 38.0 Å². The minimum atomic E-state index is -3.52. The van der Waals surface area contributed by atoms with Gasteiger partial charge in [0.1, 0.15) is 11.6 Å². The van der Waals surface area contributed by atoms with Crippen molar-refractivity contribution in [2.45, 2.75) is 79.1 Å². The molecule has 0 aromatic heterocycles. The van der Waals surface area contributed by atoms with Crippen molar-refractivity contribution in [2.75, 3.05) is 12.3 Å². The van der Waals surface area contributed by atoms with Crippen molar-refractivity contribution in [3.63, 3.8) is 0 Å². The summed E-state index contributed by atoms with van der Waals surface area (Å²) in [6.45, 7) is 8.00. The van der Waals surface area contributed by atoms with Gasteiger partial charge in [-0.25, -0.2) is 0 Å². The average Bonchev–Trinajstić information content (AvgIpc) is 2.52. The normalized spacial score (nSPS) is 16.0. The summed E-state index contributed by atoms with van der Waals surface area (Å²) in [6.07, 6.45) is 4.50. The second-order valence-corrected chi connectivity index (χ2v) is 12.3. The number of nitrogens with two attached hydrogens (primary N) is 2. The van der Waals surface area contributed by atoms with Crippen LogP contribution in [0, 0.1) is 10.8 Å². The molecule has 27 heavy (non-hydrogen) atoms. The predicted molar refractivity (Wildman–Crippen MR) is 112 cm³/mol. The molecule has 0 rings (SSSR count). The highest BCUT2D eigenvalue weighted by atomic mass is 31.2. The van der Waals surface area contributed by atoms with Crippen molar-refractivity contribution in [1.82, 2.24) is 0 Å². The average molecular weight is 424 g/mol. The van der Waals surface area contributed by atoms with E-state index in [0.717, 1.165) is 12.8 Å². The lowest BCUT2D eigenvalue weighted by Crippen LogP contribution is -2.18. The monoisotopic (exact) mass is 424 g/mol. The van der Waals surface area contributed by atoms with Gasteiger partial charge < -0.3 is 9.79 Å². The lowest BCUT2D eigenvalue weighted by Gasteiger charge is -2.25. The summed E-state index contributed by atoms with van der Waals surface area (Å²) in [5.41, 5.74) is 10.3. The zero-order chi connectivity index (χ0) is 21.3. The largest absolute Gasteiger partial charge is 0.359 e. The van der Waals surface area contributed by atoms with Gasteiger partial charge in [0.2, 0.25) is 0 Å². The smallest absolute Gasteiger partial charge is 0.264 e. The molecule has 0 amide bonds. The van der Waals surface area contributed by atoms with E-state index in [1.807, 2.05) is 13.8 Å². The molecular weight excluding hydrogens is 386 g/mol.